The molecule has 0 aromatic heterocycles. The van der Waals surface area contributed by atoms with E-state index in [9.17, 15) is 14.4 Å². The minimum atomic E-state index is -0.786. The molecule has 2 amide bonds. The van der Waals surface area contributed by atoms with Crippen molar-refractivity contribution >= 4 is 29.5 Å². The van der Waals surface area contributed by atoms with Crippen LogP contribution >= 0.6 is 11.8 Å². The number of nitrogens with zero attached hydrogens (tertiary/aromatic N) is 1. The summed E-state index contributed by atoms with van der Waals surface area (Å²) in [6.07, 6.45) is 2.76. The van der Waals surface area contributed by atoms with Crippen molar-refractivity contribution in [3.05, 3.63) is 0 Å². The zero-order chi connectivity index (χ0) is 15.0. The van der Waals surface area contributed by atoms with Crippen molar-refractivity contribution in [1.82, 2.24) is 10.2 Å². The third-order valence-electron chi connectivity index (χ3n) is 3.17. The van der Waals surface area contributed by atoms with Gasteiger partial charge in [-0.25, -0.2) is 0 Å². The van der Waals surface area contributed by atoms with E-state index < -0.39 is 5.97 Å². The molecule has 2 N–H and O–H groups in total. The van der Waals surface area contributed by atoms with Crippen molar-refractivity contribution in [2.24, 2.45) is 0 Å². The van der Waals surface area contributed by atoms with Gasteiger partial charge in [-0.3, -0.25) is 14.4 Å². The summed E-state index contributed by atoms with van der Waals surface area (Å²) < 4.78 is 0. The SMILES string of the molecule is CCC(=O)N1CSCC1C(=O)NCCCCCC(=O)O. The van der Waals surface area contributed by atoms with Crippen molar-refractivity contribution in [2.75, 3.05) is 18.2 Å². The van der Waals surface area contributed by atoms with Crippen LogP contribution in [0.15, 0.2) is 0 Å². The second kappa shape index (κ2) is 8.84. The maximum absolute atomic E-state index is 12.0. The van der Waals surface area contributed by atoms with Gasteiger partial charge in [0, 0.05) is 25.1 Å². The van der Waals surface area contributed by atoms with Crippen LogP contribution in [0.5, 0.6) is 0 Å². The van der Waals surface area contributed by atoms with Gasteiger partial charge in [-0.2, -0.15) is 0 Å². The maximum atomic E-state index is 12.0. The topological polar surface area (TPSA) is 86.7 Å². The van der Waals surface area contributed by atoms with Gasteiger partial charge in [-0.15, -0.1) is 11.8 Å². The number of carboxylic acid groups (broad SMARTS) is 1. The Morgan fingerprint density at radius 1 is 1.30 bits per heavy atom. The fourth-order valence-electron chi connectivity index (χ4n) is 2.02. The summed E-state index contributed by atoms with van der Waals surface area (Å²) in [5.74, 6) is 0.359. The monoisotopic (exact) mass is 302 g/mol. The van der Waals surface area contributed by atoms with Gasteiger partial charge in [-0.1, -0.05) is 13.3 Å². The summed E-state index contributed by atoms with van der Waals surface area (Å²) in [6, 6.07) is -0.355. The number of hydrogen-bond donors (Lipinski definition) is 2. The number of rotatable bonds is 8. The summed E-state index contributed by atoms with van der Waals surface area (Å²) in [7, 11) is 0. The van der Waals surface area contributed by atoms with Gasteiger partial charge in [0.05, 0.1) is 5.88 Å². The highest BCUT2D eigenvalue weighted by atomic mass is 32.2. The summed E-state index contributed by atoms with van der Waals surface area (Å²) in [5, 5.41) is 11.3. The Bertz CT molecular complexity index is 362. The van der Waals surface area contributed by atoms with Gasteiger partial charge < -0.3 is 15.3 Å². The number of amides is 2. The Balaban J connectivity index is 2.21. The summed E-state index contributed by atoms with van der Waals surface area (Å²) >= 11 is 1.59. The summed E-state index contributed by atoms with van der Waals surface area (Å²) in [5.41, 5.74) is 0. The molecular weight excluding hydrogens is 280 g/mol. The molecule has 1 heterocycles. The van der Waals surface area contributed by atoms with Crippen LogP contribution in [-0.4, -0.2) is 52.0 Å². The molecular formula is C13H22N2O4S. The molecule has 1 aliphatic heterocycles. The van der Waals surface area contributed by atoms with Crippen LogP contribution in [0.2, 0.25) is 0 Å². The average Bonchev–Trinajstić information content (AvgIpc) is 2.90. The van der Waals surface area contributed by atoms with Crippen LogP contribution < -0.4 is 5.32 Å². The lowest BCUT2D eigenvalue weighted by molar-refractivity contribution is -0.137. The first-order valence-electron chi connectivity index (χ1n) is 6.93. The quantitative estimate of drug-likeness (QED) is 0.655. The van der Waals surface area contributed by atoms with Crippen molar-refractivity contribution in [2.45, 2.75) is 45.1 Å². The number of unbranched alkanes of at least 4 members (excludes halogenated alkanes) is 2. The number of nitrogens with one attached hydrogen (secondary N) is 1. The van der Waals surface area contributed by atoms with E-state index in [1.165, 1.54) is 0 Å². The Morgan fingerprint density at radius 2 is 2.05 bits per heavy atom. The Morgan fingerprint density at radius 3 is 2.70 bits per heavy atom. The molecule has 1 atom stereocenters. The number of carbonyl (C=O) groups is 3. The number of thioether (sulfide) groups is 1. The first-order chi connectivity index (χ1) is 9.56. The molecule has 0 radical (unpaired) electrons. The van der Waals surface area contributed by atoms with Crippen molar-refractivity contribution in [3.63, 3.8) is 0 Å². The van der Waals surface area contributed by atoms with E-state index in [-0.39, 0.29) is 24.3 Å². The Kier molecular flexibility index (Phi) is 7.43. The molecule has 1 unspecified atom stereocenters. The van der Waals surface area contributed by atoms with Gasteiger partial charge in [0.1, 0.15) is 6.04 Å². The van der Waals surface area contributed by atoms with E-state index in [0.29, 0.717) is 31.0 Å². The molecule has 7 heteroatoms. The second-order valence-corrected chi connectivity index (χ2v) is 5.73. The normalized spacial score (nSPS) is 18.1. The third-order valence-corrected chi connectivity index (χ3v) is 4.19. The molecule has 0 aromatic rings. The molecule has 0 aromatic carbocycles. The zero-order valence-electron chi connectivity index (χ0n) is 11.8. The fourth-order valence-corrected chi connectivity index (χ4v) is 3.20. The zero-order valence-corrected chi connectivity index (χ0v) is 12.6. The fraction of sp³-hybridized carbons (Fsp3) is 0.769. The van der Waals surface area contributed by atoms with Crippen LogP contribution in [0.4, 0.5) is 0 Å². The predicted octanol–water partition coefficient (Wildman–Crippen LogP) is 1.06. The molecule has 20 heavy (non-hydrogen) atoms. The van der Waals surface area contributed by atoms with Crippen LogP contribution in [0.1, 0.15) is 39.0 Å². The molecule has 114 valence electrons. The molecule has 1 rings (SSSR count). The van der Waals surface area contributed by atoms with Crippen LogP contribution in [0.3, 0.4) is 0 Å². The molecule has 6 nitrogen and oxygen atoms in total. The first kappa shape index (κ1) is 16.8. The van der Waals surface area contributed by atoms with Crippen LogP contribution in [0.25, 0.3) is 0 Å². The second-order valence-electron chi connectivity index (χ2n) is 4.73. The van der Waals surface area contributed by atoms with Crippen molar-refractivity contribution in [3.8, 4) is 0 Å². The third kappa shape index (κ3) is 5.40. The van der Waals surface area contributed by atoms with Crippen LogP contribution in [0, 0.1) is 0 Å². The standard InChI is InChI=1S/C13H22N2O4S/c1-2-11(16)15-9-20-8-10(15)13(19)14-7-5-3-4-6-12(17)18/h10H,2-9H2,1H3,(H,14,19)(H,17,18). The number of carboxylic acids is 1. The smallest absolute Gasteiger partial charge is 0.303 e. The lowest BCUT2D eigenvalue weighted by Crippen LogP contribution is -2.47. The van der Waals surface area contributed by atoms with Gasteiger partial charge in [0.2, 0.25) is 11.8 Å². The van der Waals surface area contributed by atoms with Crippen molar-refractivity contribution in [1.29, 1.82) is 0 Å². The van der Waals surface area contributed by atoms with Crippen molar-refractivity contribution < 1.29 is 19.5 Å². The van der Waals surface area contributed by atoms with Gasteiger partial charge in [-0.05, 0) is 12.8 Å². The van der Waals surface area contributed by atoms with Gasteiger partial charge in [0.15, 0.2) is 0 Å². The molecule has 0 spiro atoms. The molecule has 0 saturated carbocycles. The molecule has 1 aliphatic rings. The maximum Gasteiger partial charge on any atom is 0.303 e. The largest absolute Gasteiger partial charge is 0.481 e. The molecule has 0 bridgehead atoms. The molecule has 1 fully saturated rings. The first-order valence-corrected chi connectivity index (χ1v) is 8.08. The molecule has 1 saturated heterocycles. The van der Waals surface area contributed by atoms with Gasteiger partial charge >= 0.3 is 5.97 Å². The van der Waals surface area contributed by atoms with Crippen LogP contribution in [-0.2, 0) is 14.4 Å². The summed E-state index contributed by atoms with van der Waals surface area (Å²) in [6.45, 7) is 2.33. The molecule has 0 aliphatic carbocycles. The minimum Gasteiger partial charge on any atom is -0.481 e. The summed E-state index contributed by atoms with van der Waals surface area (Å²) in [4.78, 5) is 35.7. The van der Waals surface area contributed by atoms with Gasteiger partial charge in [0.25, 0.3) is 0 Å². The Labute approximate surface area is 123 Å². The van der Waals surface area contributed by atoms with E-state index in [0.717, 1.165) is 12.8 Å². The Hall–Kier alpha value is -1.24. The number of aliphatic carboxylic acids is 1. The van der Waals surface area contributed by atoms with E-state index >= 15 is 0 Å². The number of hydrogen-bond acceptors (Lipinski definition) is 4. The predicted molar refractivity (Wildman–Crippen MR) is 77.4 cm³/mol. The lowest BCUT2D eigenvalue weighted by Gasteiger charge is -2.22. The highest BCUT2D eigenvalue weighted by Crippen LogP contribution is 2.21. The lowest BCUT2D eigenvalue weighted by atomic mass is 10.2. The van der Waals surface area contributed by atoms with E-state index in [2.05, 4.69) is 5.32 Å². The average molecular weight is 302 g/mol. The number of carbonyl (C=O) groups excluding carboxylic acids is 2. The van der Waals surface area contributed by atoms with E-state index in [1.807, 2.05) is 0 Å². The van der Waals surface area contributed by atoms with E-state index in [1.54, 1.807) is 23.6 Å². The highest BCUT2D eigenvalue weighted by molar-refractivity contribution is 7.99. The minimum absolute atomic E-state index is 0.0107. The highest BCUT2D eigenvalue weighted by Gasteiger charge is 2.33. The van der Waals surface area contributed by atoms with E-state index in [4.69, 9.17) is 5.11 Å².